The van der Waals surface area contributed by atoms with Crippen molar-refractivity contribution >= 4 is 11.6 Å². The summed E-state index contributed by atoms with van der Waals surface area (Å²) in [5.74, 6) is -1.07. The Morgan fingerprint density at radius 1 is 1.44 bits per heavy atom. The molecule has 0 aliphatic heterocycles. The normalized spacial score (nSPS) is 13.8. The number of hydrogen-bond donors (Lipinski definition) is 4. The number of primary amides is 1. The molecule has 6 N–H and O–H groups in total. The van der Waals surface area contributed by atoms with Crippen molar-refractivity contribution in [2.24, 2.45) is 5.73 Å². The molecule has 2 atom stereocenters. The largest absolute Gasteiger partial charge is 0.398 e. The lowest BCUT2D eigenvalue weighted by Crippen LogP contribution is -2.34. The number of aliphatic hydroxyl groups excluding tert-OH is 2. The van der Waals surface area contributed by atoms with Crippen molar-refractivity contribution in [1.82, 2.24) is 0 Å². The predicted molar refractivity (Wildman–Crippen MR) is 55.7 cm³/mol. The van der Waals surface area contributed by atoms with E-state index in [1.807, 2.05) is 0 Å². The first kappa shape index (κ1) is 12.0. The number of anilines is 1. The first-order valence-electron chi connectivity index (χ1n) is 4.43. The summed E-state index contributed by atoms with van der Waals surface area (Å²) >= 11 is 0. The predicted octanol–water partition coefficient (Wildman–Crippen LogP) is -0.980. The van der Waals surface area contributed by atoms with Gasteiger partial charge >= 0.3 is 0 Å². The molecule has 0 radical (unpaired) electrons. The molecule has 0 aliphatic rings. The highest BCUT2D eigenvalue weighted by atomic mass is 16.3. The molecule has 2 unspecified atom stereocenters. The van der Waals surface area contributed by atoms with E-state index in [9.17, 15) is 15.0 Å². The number of nitrogen functional groups attached to an aromatic ring is 1. The van der Waals surface area contributed by atoms with Crippen molar-refractivity contribution in [1.29, 1.82) is 5.26 Å². The number of aliphatic hydroxyl groups is 2. The van der Waals surface area contributed by atoms with Crippen molar-refractivity contribution in [2.75, 3.05) is 5.73 Å². The van der Waals surface area contributed by atoms with Gasteiger partial charge in [-0.05, 0) is 6.07 Å². The van der Waals surface area contributed by atoms with E-state index in [0.717, 1.165) is 0 Å². The number of nitriles is 1. The molecule has 84 valence electrons. The quantitative estimate of drug-likeness (QED) is 0.487. The van der Waals surface area contributed by atoms with Gasteiger partial charge in [-0.25, -0.2) is 0 Å². The summed E-state index contributed by atoms with van der Waals surface area (Å²) in [4.78, 5) is 10.7. The van der Waals surface area contributed by atoms with Gasteiger partial charge in [0.05, 0.1) is 5.56 Å². The minimum absolute atomic E-state index is 0.0234. The second-order valence-electron chi connectivity index (χ2n) is 3.22. The highest BCUT2D eigenvalue weighted by molar-refractivity contribution is 5.79. The van der Waals surface area contributed by atoms with Crippen LogP contribution in [0.2, 0.25) is 0 Å². The van der Waals surface area contributed by atoms with Gasteiger partial charge in [-0.2, -0.15) is 5.26 Å². The Balaban J connectivity index is 3.19. The molecule has 1 rings (SSSR count). The highest BCUT2D eigenvalue weighted by Gasteiger charge is 2.26. The van der Waals surface area contributed by atoms with Crippen molar-refractivity contribution < 1.29 is 15.0 Å². The maximum absolute atomic E-state index is 10.7. The summed E-state index contributed by atoms with van der Waals surface area (Å²) < 4.78 is 0. The van der Waals surface area contributed by atoms with E-state index in [0.29, 0.717) is 0 Å². The van der Waals surface area contributed by atoms with Gasteiger partial charge in [-0.15, -0.1) is 0 Å². The van der Waals surface area contributed by atoms with E-state index in [1.165, 1.54) is 18.2 Å². The molecule has 0 saturated heterocycles. The minimum Gasteiger partial charge on any atom is -0.398 e. The van der Waals surface area contributed by atoms with Gasteiger partial charge in [0.2, 0.25) is 5.91 Å². The molecule has 1 amide bonds. The number of rotatable bonds is 3. The Morgan fingerprint density at radius 2 is 2.06 bits per heavy atom. The average molecular weight is 221 g/mol. The molecule has 0 bridgehead atoms. The van der Waals surface area contributed by atoms with E-state index in [-0.39, 0.29) is 16.8 Å². The summed E-state index contributed by atoms with van der Waals surface area (Å²) in [6, 6.07) is 6.16. The third kappa shape index (κ3) is 2.11. The topological polar surface area (TPSA) is 133 Å². The number of benzene rings is 1. The molecule has 0 aromatic heterocycles. The van der Waals surface area contributed by atoms with E-state index >= 15 is 0 Å². The summed E-state index contributed by atoms with van der Waals surface area (Å²) in [6.45, 7) is 0. The summed E-state index contributed by atoms with van der Waals surface area (Å²) in [6.07, 6.45) is -3.33. The lowest BCUT2D eigenvalue weighted by Gasteiger charge is -2.16. The van der Waals surface area contributed by atoms with Gasteiger partial charge in [-0.3, -0.25) is 4.79 Å². The molecule has 0 aliphatic carbocycles. The Morgan fingerprint density at radius 3 is 2.56 bits per heavy atom. The Bertz CT molecular complexity index is 453. The molecule has 0 heterocycles. The van der Waals surface area contributed by atoms with Crippen LogP contribution in [0, 0.1) is 11.3 Å². The standard InChI is InChI=1S/C10H11N3O3/c11-4-6-5(2-1-3-7(6)12)8(14)9(15)10(13)16/h1-3,8-9,14-15H,12H2,(H2,13,16). The molecule has 1 aromatic rings. The molecule has 0 spiro atoms. The van der Waals surface area contributed by atoms with Crippen LogP contribution in [0.25, 0.3) is 0 Å². The van der Waals surface area contributed by atoms with Crippen LogP contribution in [0.5, 0.6) is 0 Å². The zero-order valence-corrected chi connectivity index (χ0v) is 8.29. The molecular weight excluding hydrogens is 210 g/mol. The van der Waals surface area contributed by atoms with E-state index in [4.69, 9.17) is 16.7 Å². The van der Waals surface area contributed by atoms with Gasteiger partial charge in [0.25, 0.3) is 0 Å². The van der Waals surface area contributed by atoms with Crippen LogP contribution < -0.4 is 11.5 Å². The Kier molecular flexibility index (Phi) is 3.45. The maximum atomic E-state index is 10.7. The third-order valence-corrected chi connectivity index (χ3v) is 2.15. The van der Waals surface area contributed by atoms with Gasteiger partial charge in [0.1, 0.15) is 12.2 Å². The van der Waals surface area contributed by atoms with Crippen molar-refractivity contribution in [3.63, 3.8) is 0 Å². The number of carbonyl (C=O) groups is 1. The molecule has 0 fully saturated rings. The monoisotopic (exact) mass is 221 g/mol. The lowest BCUT2D eigenvalue weighted by molar-refractivity contribution is -0.131. The Hall–Kier alpha value is -2.10. The molecule has 6 heteroatoms. The van der Waals surface area contributed by atoms with Gasteiger partial charge in [-0.1, -0.05) is 12.1 Å². The lowest BCUT2D eigenvalue weighted by atomic mass is 9.98. The Labute approximate surface area is 91.7 Å². The fourth-order valence-corrected chi connectivity index (χ4v) is 1.29. The van der Waals surface area contributed by atoms with Crippen LogP contribution in [0.4, 0.5) is 5.69 Å². The van der Waals surface area contributed by atoms with E-state index in [1.54, 1.807) is 6.07 Å². The number of nitrogens with zero attached hydrogens (tertiary/aromatic N) is 1. The zero-order valence-electron chi connectivity index (χ0n) is 8.29. The van der Waals surface area contributed by atoms with Crippen molar-refractivity contribution in [3.8, 4) is 6.07 Å². The fourth-order valence-electron chi connectivity index (χ4n) is 1.29. The van der Waals surface area contributed by atoms with Crippen LogP contribution in [0.3, 0.4) is 0 Å². The fraction of sp³-hybridized carbons (Fsp3) is 0.200. The van der Waals surface area contributed by atoms with Crippen LogP contribution >= 0.6 is 0 Å². The van der Waals surface area contributed by atoms with Crippen LogP contribution in [0.15, 0.2) is 18.2 Å². The van der Waals surface area contributed by atoms with E-state index < -0.39 is 18.1 Å². The first-order valence-corrected chi connectivity index (χ1v) is 4.43. The van der Waals surface area contributed by atoms with Crippen LogP contribution in [-0.4, -0.2) is 22.2 Å². The molecule has 16 heavy (non-hydrogen) atoms. The highest BCUT2D eigenvalue weighted by Crippen LogP contribution is 2.24. The molecule has 0 saturated carbocycles. The maximum Gasteiger partial charge on any atom is 0.249 e. The number of carbonyl (C=O) groups excluding carboxylic acids is 1. The van der Waals surface area contributed by atoms with Gasteiger partial charge in [0, 0.05) is 11.3 Å². The SMILES string of the molecule is N#Cc1c(N)cccc1C(O)C(O)C(N)=O. The second kappa shape index (κ2) is 4.61. The summed E-state index contributed by atoms with van der Waals surface area (Å²) in [5.41, 5.74) is 10.6. The van der Waals surface area contributed by atoms with E-state index in [2.05, 4.69) is 0 Å². The second-order valence-corrected chi connectivity index (χ2v) is 3.22. The van der Waals surface area contributed by atoms with Crippen molar-refractivity contribution in [2.45, 2.75) is 12.2 Å². The molecule has 1 aromatic carbocycles. The molecule has 6 nitrogen and oxygen atoms in total. The molecular formula is C10H11N3O3. The number of nitrogens with two attached hydrogens (primary N) is 2. The zero-order chi connectivity index (χ0) is 12.3. The average Bonchev–Trinajstić information content (AvgIpc) is 2.26. The van der Waals surface area contributed by atoms with Crippen LogP contribution in [0.1, 0.15) is 17.2 Å². The number of hydrogen-bond acceptors (Lipinski definition) is 5. The minimum atomic E-state index is -1.77. The van der Waals surface area contributed by atoms with Gasteiger partial charge < -0.3 is 21.7 Å². The first-order chi connectivity index (χ1) is 7.49. The summed E-state index contributed by atoms with van der Waals surface area (Å²) in [5, 5.41) is 27.8. The van der Waals surface area contributed by atoms with Crippen LogP contribution in [-0.2, 0) is 4.79 Å². The number of amides is 1. The summed E-state index contributed by atoms with van der Waals surface area (Å²) in [7, 11) is 0. The third-order valence-electron chi connectivity index (χ3n) is 2.15. The van der Waals surface area contributed by atoms with Crippen molar-refractivity contribution in [3.05, 3.63) is 29.3 Å². The smallest absolute Gasteiger partial charge is 0.249 e. The van der Waals surface area contributed by atoms with Gasteiger partial charge in [0.15, 0.2) is 6.10 Å².